The van der Waals surface area contributed by atoms with Gasteiger partial charge in [-0.05, 0) is 65.6 Å². The topological polar surface area (TPSA) is 70.7 Å². The molecule has 1 amide bonds. The number of rotatable bonds is 4. The smallest absolute Gasteiger partial charge is 0.252 e. The zero-order valence-corrected chi connectivity index (χ0v) is 17.2. The van der Waals surface area contributed by atoms with Crippen molar-refractivity contribution in [3.8, 4) is 17.2 Å². The molecule has 0 radical (unpaired) electrons. The Balaban J connectivity index is 1.73. The van der Waals surface area contributed by atoms with E-state index in [1.807, 2.05) is 45.4 Å². The number of aryl methyl sites for hydroxylation is 2. The molecule has 0 saturated heterocycles. The van der Waals surface area contributed by atoms with Gasteiger partial charge in [0.15, 0.2) is 0 Å². The Morgan fingerprint density at radius 2 is 1.93 bits per heavy atom. The molecule has 30 heavy (non-hydrogen) atoms. The summed E-state index contributed by atoms with van der Waals surface area (Å²) in [5.41, 5.74) is 4.96. The highest BCUT2D eigenvalue weighted by Crippen LogP contribution is 2.31. The molecule has 1 aromatic heterocycles. The molecule has 5 nitrogen and oxygen atoms in total. The lowest BCUT2D eigenvalue weighted by atomic mass is 9.94. The zero-order chi connectivity index (χ0) is 21.3. The molecule has 5 heteroatoms. The molecule has 3 aromatic carbocycles. The van der Waals surface area contributed by atoms with E-state index in [2.05, 4.69) is 40.8 Å². The molecule has 1 atom stereocenters. The van der Waals surface area contributed by atoms with Gasteiger partial charge in [-0.25, -0.2) is 0 Å². The van der Waals surface area contributed by atoms with Gasteiger partial charge in [0.05, 0.1) is 23.9 Å². The van der Waals surface area contributed by atoms with Gasteiger partial charge in [-0.1, -0.05) is 30.3 Å². The summed E-state index contributed by atoms with van der Waals surface area (Å²) in [6.45, 7) is 3.86. The van der Waals surface area contributed by atoms with Crippen LogP contribution in [0, 0.1) is 18.3 Å². The fourth-order valence-corrected chi connectivity index (χ4v) is 3.72. The Labute approximate surface area is 175 Å². The average molecular weight is 394 g/mol. The summed E-state index contributed by atoms with van der Waals surface area (Å²) in [5, 5.41) is 18.8. The minimum Gasteiger partial charge on any atom is -0.345 e. The maximum Gasteiger partial charge on any atom is 0.252 e. The van der Waals surface area contributed by atoms with Crippen LogP contribution in [0.5, 0.6) is 0 Å². The van der Waals surface area contributed by atoms with Crippen LogP contribution in [0.25, 0.3) is 21.9 Å². The number of nitrogens with one attached hydrogen (secondary N) is 1. The molecule has 0 fully saturated rings. The van der Waals surface area contributed by atoms with E-state index in [4.69, 9.17) is 5.26 Å². The van der Waals surface area contributed by atoms with Gasteiger partial charge < -0.3 is 5.32 Å². The molecule has 0 spiro atoms. The number of benzene rings is 3. The Kier molecular flexibility index (Phi) is 5.07. The van der Waals surface area contributed by atoms with E-state index in [1.165, 1.54) is 0 Å². The van der Waals surface area contributed by atoms with Crippen LogP contribution in [-0.2, 0) is 7.05 Å². The predicted octanol–water partition coefficient (Wildman–Crippen LogP) is 4.91. The fourth-order valence-electron chi connectivity index (χ4n) is 3.72. The molecule has 148 valence electrons. The van der Waals surface area contributed by atoms with Crippen LogP contribution in [0.4, 0.5) is 0 Å². The molecule has 1 N–H and O–H groups in total. The SMILES string of the molecule is Cc1ccc(C#N)cc1C(=O)NC(C)c1cc(-c2cnn(C)c2)cc2ccccc12. The van der Waals surface area contributed by atoms with Gasteiger partial charge in [-0.15, -0.1) is 0 Å². The minimum absolute atomic E-state index is 0.187. The summed E-state index contributed by atoms with van der Waals surface area (Å²) in [4.78, 5) is 13.0. The highest BCUT2D eigenvalue weighted by atomic mass is 16.1. The number of carbonyl (C=O) groups excluding carboxylic acids is 1. The van der Waals surface area contributed by atoms with Crippen molar-refractivity contribution in [3.05, 3.63) is 89.2 Å². The molecular weight excluding hydrogens is 372 g/mol. The lowest BCUT2D eigenvalue weighted by molar-refractivity contribution is 0.0939. The number of carbonyl (C=O) groups is 1. The van der Waals surface area contributed by atoms with Crippen molar-refractivity contribution in [2.75, 3.05) is 0 Å². The first-order valence-corrected chi connectivity index (χ1v) is 9.79. The van der Waals surface area contributed by atoms with Crippen LogP contribution in [0.1, 0.15) is 40.0 Å². The van der Waals surface area contributed by atoms with Crippen LogP contribution < -0.4 is 5.32 Å². The van der Waals surface area contributed by atoms with Gasteiger partial charge in [-0.2, -0.15) is 10.4 Å². The Bertz CT molecular complexity index is 1300. The predicted molar refractivity (Wildman–Crippen MR) is 118 cm³/mol. The van der Waals surface area contributed by atoms with Gasteiger partial charge in [0.2, 0.25) is 0 Å². The van der Waals surface area contributed by atoms with E-state index >= 15 is 0 Å². The Morgan fingerprint density at radius 3 is 2.67 bits per heavy atom. The standard InChI is InChI=1S/C25H22N4O/c1-16-8-9-18(13-26)10-23(16)25(30)28-17(2)24-12-20(21-14-27-29(3)15-21)11-19-6-4-5-7-22(19)24/h4-12,14-15,17H,1-3H3,(H,28,30). The van der Waals surface area contributed by atoms with Crippen LogP contribution in [0.15, 0.2) is 67.0 Å². The van der Waals surface area contributed by atoms with Gasteiger partial charge in [0.25, 0.3) is 5.91 Å². The summed E-state index contributed by atoms with van der Waals surface area (Å²) in [7, 11) is 1.89. The third kappa shape index (κ3) is 3.68. The van der Waals surface area contributed by atoms with Crippen molar-refractivity contribution in [1.29, 1.82) is 5.26 Å². The highest BCUT2D eigenvalue weighted by molar-refractivity contribution is 5.97. The van der Waals surface area contributed by atoms with Crippen molar-refractivity contribution in [3.63, 3.8) is 0 Å². The first kappa shape index (κ1) is 19.4. The van der Waals surface area contributed by atoms with Crippen molar-refractivity contribution in [1.82, 2.24) is 15.1 Å². The lowest BCUT2D eigenvalue weighted by Gasteiger charge is -2.19. The average Bonchev–Trinajstić information content (AvgIpc) is 3.19. The number of fused-ring (bicyclic) bond motifs is 1. The van der Waals surface area contributed by atoms with E-state index in [-0.39, 0.29) is 11.9 Å². The van der Waals surface area contributed by atoms with Gasteiger partial charge >= 0.3 is 0 Å². The van der Waals surface area contributed by atoms with Gasteiger partial charge in [0, 0.05) is 24.4 Å². The second kappa shape index (κ2) is 7.84. The number of nitriles is 1. The zero-order valence-electron chi connectivity index (χ0n) is 17.2. The van der Waals surface area contributed by atoms with Gasteiger partial charge in [0.1, 0.15) is 0 Å². The molecule has 1 heterocycles. The van der Waals surface area contributed by atoms with E-state index < -0.39 is 0 Å². The molecule has 0 aliphatic rings. The molecule has 0 aliphatic heterocycles. The molecule has 0 aliphatic carbocycles. The summed E-state index contributed by atoms with van der Waals surface area (Å²) in [6, 6.07) is 19.5. The van der Waals surface area contributed by atoms with Crippen molar-refractivity contribution in [2.45, 2.75) is 19.9 Å². The summed E-state index contributed by atoms with van der Waals surface area (Å²) >= 11 is 0. The molecule has 4 rings (SSSR count). The van der Waals surface area contributed by atoms with Gasteiger partial charge in [-0.3, -0.25) is 9.48 Å². The Morgan fingerprint density at radius 1 is 1.13 bits per heavy atom. The quantitative estimate of drug-likeness (QED) is 0.534. The van der Waals surface area contributed by atoms with Crippen molar-refractivity contribution in [2.24, 2.45) is 7.05 Å². The number of hydrogen-bond acceptors (Lipinski definition) is 3. The fraction of sp³-hybridized carbons (Fsp3) is 0.160. The number of nitrogens with zero attached hydrogens (tertiary/aromatic N) is 3. The summed E-state index contributed by atoms with van der Waals surface area (Å²) in [5.74, 6) is -0.187. The minimum atomic E-state index is -0.218. The van der Waals surface area contributed by atoms with Crippen LogP contribution in [0.3, 0.4) is 0 Å². The maximum atomic E-state index is 13.0. The monoisotopic (exact) mass is 394 g/mol. The molecule has 0 bridgehead atoms. The first-order chi connectivity index (χ1) is 14.5. The van der Waals surface area contributed by atoms with E-state index in [0.29, 0.717) is 11.1 Å². The Hall–Kier alpha value is -3.91. The third-order valence-corrected chi connectivity index (χ3v) is 5.36. The maximum absolute atomic E-state index is 13.0. The van der Waals surface area contributed by atoms with Crippen LogP contribution >= 0.6 is 0 Å². The van der Waals surface area contributed by atoms with Crippen LogP contribution in [-0.4, -0.2) is 15.7 Å². The number of amides is 1. The molecule has 4 aromatic rings. The summed E-state index contributed by atoms with van der Waals surface area (Å²) in [6.07, 6.45) is 3.82. The number of hydrogen-bond donors (Lipinski definition) is 1. The second-order valence-electron chi connectivity index (χ2n) is 7.53. The van der Waals surface area contributed by atoms with Crippen molar-refractivity contribution < 1.29 is 4.79 Å². The molecule has 1 unspecified atom stereocenters. The second-order valence-corrected chi connectivity index (χ2v) is 7.53. The lowest BCUT2D eigenvalue weighted by Crippen LogP contribution is -2.27. The van der Waals surface area contributed by atoms with Crippen LogP contribution in [0.2, 0.25) is 0 Å². The first-order valence-electron chi connectivity index (χ1n) is 9.79. The van der Waals surface area contributed by atoms with E-state index in [1.54, 1.807) is 22.9 Å². The van der Waals surface area contributed by atoms with E-state index in [9.17, 15) is 4.79 Å². The summed E-state index contributed by atoms with van der Waals surface area (Å²) < 4.78 is 1.78. The molecule has 0 saturated carbocycles. The highest BCUT2D eigenvalue weighted by Gasteiger charge is 2.17. The van der Waals surface area contributed by atoms with E-state index in [0.717, 1.165) is 33.0 Å². The van der Waals surface area contributed by atoms with Crippen molar-refractivity contribution >= 4 is 16.7 Å². The third-order valence-electron chi connectivity index (χ3n) is 5.36. The number of aromatic nitrogens is 2. The normalized spacial score (nSPS) is 11.8. The molecular formula is C25H22N4O. The largest absolute Gasteiger partial charge is 0.345 e.